The molecule has 2 amide bonds. The second kappa shape index (κ2) is 5.53. The van der Waals surface area contributed by atoms with Gasteiger partial charge in [0.15, 0.2) is 0 Å². The number of urea groups is 1. The highest BCUT2D eigenvalue weighted by molar-refractivity contribution is 5.94. The third-order valence-corrected chi connectivity index (χ3v) is 4.07. The normalized spacial score (nSPS) is 18.1. The van der Waals surface area contributed by atoms with E-state index in [0.717, 1.165) is 38.0 Å². The largest absolute Gasteiger partial charge is 0.324 e. The maximum atomic E-state index is 12.4. The van der Waals surface area contributed by atoms with E-state index in [4.69, 9.17) is 0 Å². The topological polar surface area (TPSA) is 23.6 Å². The first-order valence-corrected chi connectivity index (χ1v) is 7.21. The minimum absolute atomic E-state index is 0.107. The number of carbonyl (C=O) groups excluding carboxylic acids is 1. The molecule has 0 radical (unpaired) electrons. The maximum absolute atomic E-state index is 12.4. The predicted octanol–water partition coefficient (Wildman–Crippen LogP) is 3.72. The van der Waals surface area contributed by atoms with Crippen molar-refractivity contribution in [1.82, 2.24) is 4.90 Å². The number of hydrogen-bond donors (Lipinski definition) is 0. The summed E-state index contributed by atoms with van der Waals surface area (Å²) in [6.45, 7) is 1.53. The van der Waals surface area contributed by atoms with Crippen molar-refractivity contribution in [2.75, 3.05) is 18.5 Å². The highest BCUT2D eigenvalue weighted by Gasteiger charge is 2.26. The molecule has 0 saturated heterocycles. The van der Waals surface area contributed by atoms with Gasteiger partial charge in [0.25, 0.3) is 0 Å². The van der Waals surface area contributed by atoms with Crippen LogP contribution >= 0.6 is 0 Å². The molecule has 1 aliphatic carbocycles. The van der Waals surface area contributed by atoms with Gasteiger partial charge in [-0.2, -0.15) is 0 Å². The molecule has 0 aromatic heterocycles. The van der Waals surface area contributed by atoms with Crippen LogP contribution in [-0.4, -0.2) is 24.5 Å². The minimum Gasteiger partial charge on any atom is -0.320 e. The highest BCUT2D eigenvalue weighted by atomic mass is 16.2. The fourth-order valence-corrected chi connectivity index (χ4v) is 2.87. The molecular formula is C17H20N2O. The van der Waals surface area contributed by atoms with Crippen LogP contribution in [0.4, 0.5) is 10.5 Å². The predicted molar refractivity (Wildman–Crippen MR) is 81.7 cm³/mol. The molecule has 1 heterocycles. The fourth-order valence-electron chi connectivity index (χ4n) is 2.87. The lowest BCUT2D eigenvalue weighted by Gasteiger charge is -2.35. The van der Waals surface area contributed by atoms with Crippen molar-refractivity contribution in [3.63, 3.8) is 0 Å². The van der Waals surface area contributed by atoms with Gasteiger partial charge in [-0.1, -0.05) is 42.0 Å². The molecule has 0 atom stereocenters. The van der Waals surface area contributed by atoms with Gasteiger partial charge in [-0.3, -0.25) is 4.90 Å². The third-order valence-electron chi connectivity index (χ3n) is 4.07. The Balaban J connectivity index is 1.70. The molecule has 0 saturated carbocycles. The standard InChI is InChI=1S/C17H20N2O/c1-18-16-10-6-5-9-15(16)13-19(17(18)20)12-11-14-7-3-2-4-8-14/h2-3,5-7,9-10H,4,8,11-13H2,1H3. The van der Waals surface area contributed by atoms with Crippen LogP contribution in [-0.2, 0) is 6.54 Å². The van der Waals surface area contributed by atoms with Crippen molar-refractivity contribution in [3.8, 4) is 0 Å². The first kappa shape index (κ1) is 13.0. The second-order valence-corrected chi connectivity index (χ2v) is 5.43. The van der Waals surface area contributed by atoms with Crippen molar-refractivity contribution in [2.24, 2.45) is 0 Å². The lowest BCUT2D eigenvalue weighted by Crippen LogP contribution is -2.45. The van der Waals surface area contributed by atoms with E-state index in [9.17, 15) is 4.79 Å². The van der Waals surface area contributed by atoms with Crippen molar-refractivity contribution in [3.05, 3.63) is 53.6 Å². The monoisotopic (exact) mass is 268 g/mol. The molecule has 3 nitrogen and oxygen atoms in total. The molecule has 0 bridgehead atoms. The Hall–Kier alpha value is -2.03. The Kier molecular flexibility index (Phi) is 3.59. The van der Waals surface area contributed by atoms with Crippen LogP contribution < -0.4 is 4.90 Å². The molecule has 1 aliphatic heterocycles. The Labute approximate surface area is 120 Å². The summed E-state index contributed by atoms with van der Waals surface area (Å²) in [5.41, 5.74) is 3.71. The van der Waals surface area contributed by atoms with Gasteiger partial charge in [-0.15, -0.1) is 0 Å². The summed E-state index contributed by atoms with van der Waals surface area (Å²) in [5, 5.41) is 0. The summed E-state index contributed by atoms with van der Waals surface area (Å²) in [5.74, 6) is 0. The Morgan fingerprint density at radius 3 is 2.90 bits per heavy atom. The SMILES string of the molecule is CN1C(=O)N(CCC2=CC=CCC2)Cc2ccccc21. The highest BCUT2D eigenvalue weighted by Crippen LogP contribution is 2.27. The zero-order valence-electron chi connectivity index (χ0n) is 11.9. The quantitative estimate of drug-likeness (QED) is 0.819. The first-order chi connectivity index (χ1) is 9.75. The molecule has 0 N–H and O–H groups in total. The van der Waals surface area contributed by atoms with Gasteiger partial charge in [-0.05, 0) is 30.9 Å². The van der Waals surface area contributed by atoms with Gasteiger partial charge >= 0.3 is 6.03 Å². The van der Waals surface area contributed by atoms with Gasteiger partial charge in [0.2, 0.25) is 0 Å². The first-order valence-electron chi connectivity index (χ1n) is 7.21. The lowest BCUT2D eigenvalue weighted by atomic mass is 10.0. The van der Waals surface area contributed by atoms with E-state index in [1.165, 1.54) is 11.1 Å². The van der Waals surface area contributed by atoms with E-state index < -0.39 is 0 Å². The molecule has 1 aromatic rings. The Morgan fingerprint density at radius 2 is 2.10 bits per heavy atom. The zero-order valence-corrected chi connectivity index (χ0v) is 11.9. The van der Waals surface area contributed by atoms with Crippen LogP contribution in [0, 0.1) is 0 Å². The van der Waals surface area contributed by atoms with Gasteiger partial charge in [0, 0.05) is 20.1 Å². The van der Waals surface area contributed by atoms with Crippen LogP contribution in [0.2, 0.25) is 0 Å². The summed E-state index contributed by atoms with van der Waals surface area (Å²) in [6.07, 6.45) is 9.74. The molecule has 2 aliphatic rings. The molecule has 0 unspecified atom stereocenters. The van der Waals surface area contributed by atoms with E-state index in [1.807, 2.05) is 30.1 Å². The van der Waals surface area contributed by atoms with Crippen LogP contribution in [0.3, 0.4) is 0 Å². The van der Waals surface area contributed by atoms with E-state index >= 15 is 0 Å². The average Bonchev–Trinajstić information content (AvgIpc) is 2.50. The zero-order chi connectivity index (χ0) is 13.9. The summed E-state index contributed by atoms with van der Waals surface area (Å²) >= 11 is 0. The van der Waals surface area contributed by atoms with Crippen LogP contribution in [0.5, 0.6) is 0 Å². The van der Waals surface area contributed by atoms with E-state index in [2.05, 4.69) is 24.3 Å². The molecule has 0 spiro atoms. The van der Waals surface area contributed by atoms with Gasteiger partial charge < -0.3 is 4.90 Å². The summed E-state index contributed by atoms with van der Waals surface area (Å²) in [4.78, 5) is 16.1. The minimum atomic E-state index is 0.107. The summed E-state index contributed by atoms with van der Waals surface area (Å²) in [7, 11) is 1.86. The Bertz CT molecular complexity index is 574. The van der Waals surface area contributed by atoms with E-state index in [1.54, 1.807) is 4.90 Å². The van der Waals surface area contributed by atoms with Crippen LogP contribution in [0.25, 0.3) is 0 Å². The third kappa shape index (κ3) is 2.48. The number of hydrogen-bond acceptors (Lipinski definition) is 1. The molecule has 20 heavy (non-hydrogen) atoms. The number of para-hydroxylation sites is 1. The van der Waals surface area contributed by atoms with Gasteiger partial charge in [-0.25, -0.2) is 4.79 Å². The molecule has 0 fully saturated rings. The number of benzene rings is 1. The second-order valence-electron chi connectivity index (χ2n) is 5.43. The number of amides is 2. The number of allylic oxidation sites excluding steroid dienone is 3. The fraction of sp³-hybridized carbons (Fsp3) is 0.353. The maximum Gasteiger partial charge on any atom is 0.324 e. The summed E-state index contributed by atoms with van der Waals surface area (Å²) < 4.78 is 0. The van der Waals surface area contributed by atoms with Crippen molar-refractivity contribution in [2.45, 2.75) is 25.8 Å². The molecule has 3 rings (SSSR count). The van der Waals surface area contributed by atoms with Gasteiger partial charge in [0.1, 0.15) is 0 Å². The molecule has 1 aromatic carbocycles. The van der Waals surface area contributed by atoms with E-state index in [-0.39, 0.29) is 6.03 Å². The average molecular weight is 268 g/mol. The van der Waals surface area contributed by atoms with Crippen molar-refractivity contribution in [1.29, 1.82) is 0 Å². The lowest BCUT2D eigenvalue weighted by molar-refractivity contribution is 0.200. The van der Waals surface area contributed by atoms with Gasteiger partial charge in [0.05, 0.1) is 5.69 Å². The molecule has 104 valence electrons. The van der Waals surface area contributed by atoms with E-state index in [0.29, 0.717) is 0 Å². The smallest absolute Gasteiger partial charge is 0.320 e. The van der Waals surface area contributed by atoms with Crippen molar-refractivity contribution >= 4 is 11.7 Å². The molecular weight excluding hydrogens is 248 g/mol. The Morgan fingerprint density at radius 1 is 1.25 bits per heavy atom. The number of rotatable bonds is 3. The number of fused-ring (bicyclic) bond motifs is 1. The molecule has 3 heteroatoms. The summed E-state index contributed by atoms with van der Waals surface area (Å²) in [6, 6.07) is 8.25. The van der Waals surface area contributed by atoms with Crippen LogP contribution in [0.15, 0.2) is 48.1 Å². The number of carbonyl (C=O) groups is 1. The van der Waals surface area contributed by atoms with Crippen LogP contribution in [0.1, 0.15) is 24.8 Å². The number of nitrogens with zero attached hydrogens (tertiary/aromatic N) is 2. The van der Waals surface area contributed by atoms with Crippen molar-refractivity contribution < 1.29 is 4.79 Å². The number of anilines is 1.